The zero-order chi connectivity index (χ0) is 24.8. The Bertz CT molecular complexity index is 782. The Labute approximate surface area is 198 Å². The van der Waals surface area contributed by atoms with Crippen LogP contribution in [0.4, 0.5) is 0 Å². The summed E-state index contributed by atoms with van der Waals surface area (Å²) in [6.45, 7) is -0.198. The van der Waals surface area contributed by atoms with Gasteiger partial charge in [-0.15, -0.1) is 0 Å². The van der Waals surface area contributed by atoms with Crippen LogP contribution >= 0.6 is 12.6 Å². The molecule has 1 aromatic carbocycles. The van der Waals surface area contributed by atoms with E-state index < -0.39 is 54.5 Å². The lowest BCUT2D eigenvalue weighted by atomic mass is 10.0. The molecule has 0 fully saturated rings. The Balaban J connectivity index is 2.98. The number of hydrogen-bond acceptors (Lipinski definition) is 8. The molecule has 12 heteroatoms. The number of benzene rings is 1. The number of carboxylic acids is 1. The maximum atomic E-state index is 12.9. The molecule has 0 saturated heterocycles. The van der Waals surface area contributed by atoms with Crippen LogP contribution in [0.15, 0.2) is 30.3 Å². The first-order valence-electron chi connectivity index (χ1n) is 10.6. The van der Waals surface area contributed by atoms with Crippen LogP contribution in [-0.4, -0.2) is 77.0 Å². The molecule has 1 rings (SSSR count). The van der Waals surface area contributed by atoms with E-state index in [9.17, 15) is 24.3 Å². The summed E-state index contributed by atoms with van der Waals surface area (Å²) in [6.07, 6.45) is 1.42. The highest BCUT2D eigenvalue weighted by Gasteiger charge is 2.29. The van der Waals surface area contributed by atoms with Crippen LogP contribution in [0.2, 0.25) is 0 Å². The summed E-state index contributed by atoms with van der Waals surface area (Å²) in [4.78, 5) is 49.2. The van der Waals surface area contributed by atoms with Gasteiger partial charge in [0.05, 0.1) is 6.61 Å². The number of nitrogens with one attached hydrogen (secondary N) is 3. The number of carbonyl (C=O) groups excluding carboxylic acids is 3. The van der Waals surface area contributed by atoms with E-state index in [1.165, 1.54) is 0 Å². The molecule has 0 aliphatic heterocycles. The first-order valence-corrected chi connectivity index (χ1v) is 11.2. The third kappa shape index (κ3) is 10.2. The van der Waals surface area contributed by atoms with E-state index in [0.29, 0.717) is 19.4 Å². The minimum atomic E-state index is -1.21. The van der Waals surface area contributed by atoms with E-state index in [1.54, 1.807) is 30.3 Å². The zero-order valence-electron chi connectivity index (χ0n) is 18.3. The fraction of sp³-hybridized carbons (Fsp3) is 0.524. The van der Waals surface area contributed by atoms with Gasteiger partial charge in [0, 0.05) is 12.2 Å². The topological polar surface area (TPSA) is 197 Å². The van der Waals surface area contributed by atoms with Crippen LogP contribution in [-0.2, 0) is 25.6 Å². The Morgan fingerprint density at radius 2 is 1.48 bits per heavy atom. The molecule has 0 saturated carbocycles. The average molecular weight is 484 g/mol. The van der Waals surface area contributed by atoms with Crippen molar-refractivity contribution in [3.05, 3.63) is 35.9 Å². The van der Waals surface area contributed by atoms with Crippen LogP contribution in [0.25, 0.3) is 0 Å². The van der Waals surface area contributed by atoms with Crippen LogP contribution in [0.3, 0.4) is 0 Å². The Hall–Kier alpha value is -2.67. The third-order valence-electron chi connectivity index (χ3n) is 4.83. The van der Waals surface area contributed by atoms with E-state index in [0.717, 1.165) is 5.56 Å². The highest BCUT2D eigenvalue weighted by molar-refractivity contribution is 7.80. The fourth-order valence-electron chi connectivity index (χ4n) is 2.91. The van der Waals surface area contributed by atoms with Crippen LogP contribution in [0.1, 0.15) is 24.8 Å². The maximum Gasteiger partial charge on any atom is 0.326 e. The lowest BCUT2D eigenvalue weighted by Gasteiger charge is -2.24. The van der Waals surface area contributed by atoms with Crippen molar-refractivity contribution in [3.8, 4) is 0 Å². The van der Waals surface area contributed by atoms with Crippen molar-refractivity contribution >= 4 is 36.3 Å². The molecule has 1 aromatic rings. The highest BCUT2D eigenvalue weighted by Crippen LogP contribution is 2.07. The molecule has 4 unspecified atom stereocenters. The number of amides is 3. The number of aliphatic carboxylic acids is 1. The van der Waals surface area contributed by atoms with E-state index >= 15 is 0 Å². The number of aliphatic hydroxyl groups excluding tert-OH is 1. The Morgan fingerprint density at radius 1 is 0.909 bits per heavy atom. The Kier molecular flexibility index (Phi) is 13.1. The van der Waals surface area contributed by atoms with Gasteiger partial charge in [0.1, 0.15) is 24.2 Å². The molecule has 0 heterocycles. The van der Waals surface area contributed by atoms with Gasteiger partial charge in [-0.25, -0.2) is 4.79 Å². The normalized spacial score (nSPS) is 14.4. The van der Waals surface area contributed by atoms with Crippen molar-refractivity contribution in [2.45, 2.75) is 49.9 Å². The molecule has 3 amide bonds. The summed E-state index contributed by atoms with van der Waals surface area (Å²) < 4.78 is 0. The molecule has 11 nitrogen and oxygen atoms in total. The number of hydrogen-bond donors (Lipinski definition) is 8. The number of carbonyl (C=O) groups is 4. The predicted octanol–water partition coefficient (Wildman–Crippen LogP) is -1.85. The molecule has 0 aromatic heterocycles. The summed E-state index contributed by atoms with van der Waals surface area (Å²) in [6, 6.07) is 4.28. The second kappa shape index (κ2) is 15.2. The van der Waals surface area contributed by atoms with E-state index in [4.69, 9.17) is 16.6 Å². The quantitative estimate of drug-likeness (QED) is 0.105. The second-order valence-corrected chi connectivity index (χ2v) is 7.83. The van der Waals surface area contributed by atoms with Crippen molar-refractivity contribution in [2.24, 2.45) is 11.5 Å². The monoisotopic (exact) mass is 483 g/mol. The van der Waals surface area contributed by atoms with Crippen LogP contribution in [0.5, 0.6) is 0 Å². The van der Waals surface area contributed by atoms with Crippen molar-refractivity contribution < 1.29 is 29.4 Å². The van der Waals surface area contributed by atoms with Gasteiger partial charge >= 0.3 is 5.97 Å². The minimum Gasteiger partial charge on any atom is -0.480 e. The number of aliphatic hydroxyl groups is 1. The van der Waals surface area contributed by atoms with Gasteiger partial charge in [-0.2, -0.15) is 12.6 Å². The van der Waals surface area contributed by atoms with Crippen molar-refractivity contribution in [3.63, 3.8) is 0 Å². The largest absolute Gasteiger partial charge is 0.480 e. The standard InChI is InChI=1S/C21H33N5O6S/c22-9-5-4-8-15(21(31)32)24-19(29)16(10-13-6-2-1-3-7-13)25-20(30)17(12-33)26-18(28)14(23)11-27/h1-3,6-7,14-17,27,33H,4-5,8-12,22-23H2,(H,24,29)(H,25,30)(H,26,28)(H,31,32). The number of nitrogens with two attached hydrogens (primary N) is 2. The molecular formula is C21H33N5O6S. The number of thiol groups is 1. The van der Waals surface area contributed by atoms with Gasteiger partial charge in [-0.05, 0) is 31.4 Å². The number of unbranched alkanes of at least 4 members (excludes halogenated alkanes) is 1. The lowest BCUT2D eigenvalue weighted by molar-refractivity contribution is -0.142. The van der Waals surface area contributed by atoms with Gasteiger partial charge in [0.2, 0.25) is 17.7 Å². The molecule has 0 aliphatic rings. The molecule has 0 bridgehead atoms. The third-order valence-corrected chi connectivity index (χ3v) is 5.19. The van der Waals surface area contributed by atoms with Gasteiger partial charge in [-0.3, -0.25) is 14.4 Å². The van der Waals surface area contributed by atoms with Gasteiger partial charge in [-0.1, -0.05) is 30.3 Å². The van der Waals surface area contributed by atoms with Gasteiger partial charge in [0.15, 0.2) is 0 Å². The molecule has 184 valence electrons. The molecule has 33 heavy (non-hydrogen) atoms. The maximum absolute atomic E-state index is 12.9. The van der Waals surface area contributed by atoms with Crippen molar-refractivity contribution in [2.75, 3.05) is 18.9 Å². The summed E-state index contributed by atoms with van der Waals surface area (Å²) in [5.74, 6) is -3.41. The van der Waals surface area contributed by atoms with E-state index in [-0.39, 0.29) is 18.6 Å². The molecular weight excluding hydrogens is 450 g/mol. The number of carboxylic acid groups (broad SMARTS) is 1. The average Bonchev–Trinajstić information content (AvgIpc) is 2.81. The molecule has 4 atom stereocenters. The van der Waals surface area contributed by atoms with Gasteiger partial charge in [0.25, 0.3) is 0 Å². The molecule has 0 radical (unpaired) electrons. The molecule has 0 spiro atoms. The lowest BCUT2D eigenvalue weighted by Crippen LogP contribution is -2.58. The summed E-state index contributed by atoms with van der Waals surface area (Å²) >= 11 is 4.06. The van der Waals surface area contributed by atoms with E-state index in [1.807, 2.05) is 0 Å². The van der Waals surface area contributed by atoms with Crippen molar-refractivity contribution in [1.29, 1.82) is 0 Å². The highest BCUT2D eigenvalue weighted by atomic mass is 32.1. The summed E-state index contributed by atoms with van der Waals surface area (Å²) in [5, 5.41) is 25.9. The zero-order valence-corrected chi connectivity index (χ0v) is 19.2. The smallest absolute Gasteiger partial charge is 0.326 e. The summed E-state index contributed by atoms with van der Waals surface area (Å²) in [7, 11) is 0. The van der Waals surface area contributed by atoms with Crippen molar-refractivity contribution in [1.82, 2.24) is 16.0 Å². The first-order chi connectivity index (χ1) is 15.7. The van der Waals surface area contributed by atoms with Gasteiger partial charge < -0.3 is 37.6 Å². The second-order valence-electron chi connectivity index (χ2n) is 7.47. The fourth-order valence-corrected chi connectivity index (χ4v) is 3.17. The minimum absolute atomic E-state index is 0.0910. The predicted molar refractivity (Wildman–Crippen MR) is 125 cm³/mol. The Morgan fingerprint density at radius 3 is 2.03 bits per heavy atom. The van der Waals surface area contributed by atoms with Crippen LogP contribution in [0, 0.1) is 0 Å². The first kappa shape index (κ1) is 28.4. The summed E-state index contributed by atoms with van der Waals surface area (Å²) in [5.41, 5.74) is 11.6. The molecule has 9 N–H and O–H groups in total. The number of rotatable bonds is 15. The van der Waals surface area contributed by atoms with Crippen LogP contribution < -0.4 is 27.4 Å². The molecule has 0 aliphatic carbocycles. The van der Waals surface area contributed by atoms with E-state index in [2.05, 4.69) is 28.6 Å². The SMILES string of the molecule is NCCCCC(NC(=O)C(Cc1ccccc1)NC(=O)C(CS)NC(=O)C(N)CO)C(=O)O.